The number of hydrogen-bond donors (Lipinski definition) is 0. The molecule has 0 bridgehead atoms. The number of nitrogens with zero attached hydrogens (tertiary/aromatic N) is 3. The lowest BCUT2D eigenvalue weighted by Crippen LogP contribution is -1.99. The molecule has 0 aliphatic heterocycles. The fourth-order valence-corrected chi connectivity index (χ4v) is 2.80. The maximum absolute atomic E-state index is 5.93. The Morgan fingerprint density at radius 1 is 0.889 bits per heavy atom. The molecule has 0 aliphatic rings. The quantitative estimate of drug-likeness (QED) is 0.458. The van der Waals surface area contributed by atoms with Crippen LogP contribution < -0.4 is 4.74 Å². The monoisotopic (exact) mass is 377 g/mol. The number of benzene rings is 2. The summed E-state index contributed by atoms with van der Waals surface area (Å²) in [5.74, 6) is 1.31. The second-order valence-corrected chi connectivity index (χ2v) is 6.21. The molecule has 0 unspecified atom stereocenters. The highest BCUT2D eigenvalue weighted by molar-refractivity contribution is 6.30. The Balaban J connectivity index is 1.72. The van der Waals surface area contributed by atoms with E-state index in [0.717, 1.165) is 16.8 Å². The zero-order valence-electron chi connectivity index (χ0n) is 14.6. The van der Waals surface area contributed by atoms with Crippen LogP contribution in [0.4, 0.5) is 0 Å². The van der Waals surface area contributed by atoms with Gasteiger partial charge in [-0.25, -0.2) is 4.98 Å². The fraction of sp³-hybridized carbons (Fsp3) is 0.0952. The molecule has 6 heteroatoms. The van der Waals surface area contributed by atoms with E-state index in [9.17, 15) is 0 Å². The minimum Gasteiger partial charge on any atom is -0.477 e. The van der Waals surface area contributed by atoms with Crippen LogP contribution in [0, 0.1) is 0 Å². The van der Waals surface area contributed by atoms with E-state index in [2.05, 4.69) is 15.1 Å². The van der Waals surface area contributed by atoms with Gasteiger partial charge >= 0.3 is 0 Å². The van der Waals surface area contributed by atoms with Crippen molar-refractivity contribution in [2.45, 2.75) is 6.92 Å². The van der Waals surface area contributed by atoms with Crippen LogP contribution in [0.2, 0.25) is 5.02 Å². The van der Waals surface area contributed by atoms with Crippen molar-refractivity contribution in [2.75, 3.05) is 6.61 Å². The SMILES string of the molecule is CCOc1nc(-c2ccccc2)ccc1-c1noc(-c2ccc(Cl)cc2)n1. The molecule has 2 heterocycles. The molecule has 4 aromatic rings. The van der Waals surface area contributed by atoms with Crippen molar-refractivity contribution in [1.29, 1.82) is 0 Å². The lowest BCUT2D eigenvalue weighted by atomic mass is 10.1. The first-order valence-electron chi connectivity index (χ1n) is 8.54. The summed E-state index contributed by atoms with van der Waals surface area (Å²) in [6, 6.07) is 21.0. The lowest BCUT2D eigenvalue weighted by Gasteiger charge is -2.09. The number of rotatable bonds is 5. The topological polar surface area (TPSA) is 61.0 Å². The van der Waals surface area contributed by atoms with Gasteiger partial charge in [0.1, 0.15) is 0 Å². The summed E-state index contributed by atoms with van der Waals surface area (Å²) in [5, 5.41) is 4.74. The summed E-state index contributed by atoms with van der Waals surface area (Å²) < 4.78 is 11.1. The van der Waals surface area contributed by atoms with Gasteiger partial charge in [0, 0.05) is 16.1 Å². The summed E-state index contributed by atoms with van der Waals surface area (Å²) in [6.07, 6.45) is 0. The molecular weight excluding hydrogens is 362 g/mol. The molecule has 5 nitrogen and oxygen atoms in total. The second kappa shape index (κ2) is 7.60. The van der Waals surface area contributed by atoms with Crippen molar-refractivity contribution in [3.63, 3.8) is 0 Å². The van der Waals surface area contributed by atoms with Crippen LogP contribution in [-0.2, 0) is 0 Å². The average molecular weight is 378 g/mol. The zero-order chi connectivity index (χ0) is 18.6. The van der Waals surface area contributed by atoms with Gasteiger partial charge in [-0.15, -0.1) is 0 Å². The molecule has 0 saturated carbocycles. The third kappa shape index (κ3) is 3.68. The molecule has 0 N–H and O–H groups in total. The van der Waals surface area contributed by atoms with Crippen LogP contribution in [0.1, 0.15) is 6.92 Å². The van der Waals surface area contributed by atoms with Crippen LogP contribution in [0.15, 0.2) is 71.3 Å². The normalized spacial score (nSPS) is 10.7. The summed E-state index contributed by atoms with van der Waals surface area (Å²) in [6.45, 7) is 2.40. The van der Waals surface area contributed by atoms with E-state index >= 15 is 0 Å². The van der Waals surface area contributed by atoms with Gasteiger partial charge in [-0.3, -0.25) is 0 Å². The van der Waals surface area contributed by atoms with Gasteiger partial charge in [0.05, 0.1) is 17.9 Å². The van der Waals surface area contributed by atoms with Crippen molar-refractivity contribution in [2.24, 2.45) is 0 Å². The first-order chi connectivity index (χ1) is 13.2. The van der Waals surface area contributed by atoms with Crippen LogP contribution in [0.25, 0.3) is 34.1 Å². The molecule has 0 aliphatic carbocycles. The standard InChI is InChI=1S/C21H16ClN3O2/c1-2-26-21-17(12-13-18(23-21)14-6-4-3-5-7-14)19-24-20(27-25-19)15-8-10-16(22)11-9-15/h3-13H,2H2,1H3. The summed E-state index contributed by atoms with van der Waals surface area (Å²) >= 11 is 5.93. The predicted octanol–water partition coefficient (Wildman–Crippen LogP) is 5.52. The maximum atomic E-state index is 5.93. The Morgan fingerprint density at radius 2 is 1.67 bits per heavy atom. The predicted molar refractivity (Wildman–Crippen MR) is 105 cm³/mol. The number of aromatic nitrogens is 3. The summed E-state index contributed by atoms with van der Waals surface area (Å²) in [4.78, 5) is 9.13. The minimum absolute atomic E-state index is 0.413. The van der Waals surface area contributed by atoms with E-state index in [1.165, 1.54) is 0 Å². The third-order valence-corrected chi connectivity index (χ3v) is 4.22. The van der Waals surface area contributed by atoms with Gasteiger partial charge in [-0.1, -0.05) is 47.1 Å². The number of halogens is 1. The van der Waals surface area contributed by atoms with Crippen LogP contribution >= 0.6 is 11.6 Å². The van der Waals surface area contributed by atoms with Gasteiger partial charge in [-0.05, 0) is 43.3 Å². The Morgan fingerprint density at radius 3 is 2.41 bits per heavy atom. The Hall–Kier alpha value is -3.18. The van der Waals surface area contributed by atoms with Gasteiger partial charge in [-0.2, -0.15) is 4.98 Å². The Bertz CT molecular complexity index is 1050. The molecule has 0 spiro atoms. The number of hydrogen-bond acceptors (Lipinski definition) is 5. The molecule has 0 fully saturated rings. The van der Waals surface area contributed by atoms with E-state index in [0.29, 0.717) is 34.8 Å². The Kier molecular flexibility index (Phi) is 4.85. The highest BCUT2D eigenvalue weighted by atomic mass is 35.5. The zero-order valence-corrected chi connectivity index (χ0v) is 15.3. The molecule has 0 amide bonds. The molecule has 0 atom stereocenters. The molecule has 0 saturated heterocycles. The molecule has 134 valence electrons. The van der Waals surface area contributed by atoms with Crippen molar-refractivity contribution in [3.8, 4) is 40.0 Å². The highest BCUT2D eigenvalue weighted by Crippen LogP contribution is 2.31. The number of ether oxygens (including phenoxy) is 1. The van der Waals surface area contributed by atoms with Crippen molar-refractivity contribution in [1.82, 2.24) is 15.1 Å². The largest absolute Gasteiger partial charge is 0.477 e. The smallest absolute Gasteiger partial charge is 0.258 e. The maximum Gasteiger partial charge on any atom is 0.258 e. The molecule has 4 rings (SSSR count). The minimum atomic E-state index is 0.413. The van der Waals surface area contributed by atoms with E-state index in [1.807, 2.05) is 61.5 Å². The van der Waals surface area contributed by atoms with Gasteiger partial charge < -0.3 is 9.26 Å². The molecule has 0 radical (unpaired) electrons. The van der Waals surface area contributed by atoms with Crippen molar-refractivity contribution in [3.05, 3.63) is 71.8 Å². The first-order valence-corrected chi connectivity index (χ1v) is 8.91. The fourth-order valence-electron chi connectivity index (χ4n) is 2.67. The van der Waals surface area contributed by atoms with Crippen LogP contribution in [0.3, 0.4) is 0 Å². The second-order valence-electron chi connectivity index (χ2n) is 5.78. The van der Waals surface area contributed by atoms with Gasteiger partial charge in [0.2, 0.25) is 11.7 Å². The van der Waals surface area contributed by atoms with E-state index in [1.54, 1.807) is 12.1 Å². The van der Waals surface area contributed by atoms with E-state index in [4.69, 9.17) is 20.9 Å². The lowest BCUT2D eigenvalue weighted by molar-refractivity contribution is 0.328. The first kappa shape index (κ1) is 17.2. The molecule has 2 aromatic heterocycles. The van der Waals surface area contributed by atoms with E-state index in [-0.39, 0.29) is 0 Å². The highest BCUT2D eigenvalue weighted by Gasteiger charge is 2.17. The molecular formula is C21H16ClN3O2. The molecule has 27 heavy (non-hydrogen) atoms. The molecule has 2 aromatic carbocycles. The van der Waals surface area contributed by atoms with Gasteiger partial charge in [0.15, 0.2) is 0 Å². The van der Waals surface area contributed by atoms with Gasteiger partial charge in [0.25, 0.3) is 5.89 Å². The summed E-state index contributed by atoms with van der Waals surface area (Å²) in [7, 11) is 0. The number of pyridine rings is 1. The van der Waals surface area contributed by atoms with Crippen molar-refractivity contribution < 1.29 is 9.26 Å². The average Bonchev–Trinajstić information content (AvgIpc) is 3.19. The van der Waals surface area contributed by atoms with Crippen LogP contribution in [0.5, 0.6) is 5.88 Å². The Labute approximate surface area is 161 Å². The summed E-state index contributed by atoms with van der Waals surface area (Å²) in [5.41, 5.74) is 3.31. The van der Waals surface area contributed by atoms with Crippen molar-refractivity contribution >= 4 is 11.6 Å². The van der Waals surface area contributed by atoms with Crippen LogP contribution in [-0.4, -0.2) is 21.7 Å². The third-order valence-electron chi connectivity index (χ3n) is 3.97. The van der Waals surface area contributed by atoms with E-state index < -0.39 is 0 Å².